The minimum absolute atomic E-state index is 0.324. The van der Waals surface area contributed by atoms with Gasteiger partial charge in [-0.1, -0.05) is 6.07 Å². The maximum atomic E-state index is 13.1. The van der Waals surface area contributed by atoms with E-state index in [9.17, 15) is 9.18 Å². The molecule has 0 radical (unpaired) electrons. The van der Waals surface area contributed by atoms with Gasteiger partial charge < -0.3 is 14.8 Å². The minimum atomic E-state index is -0.402. The third kappa shape index (κ3) is 4.54. The molecule has 1 N–H and O–H groups in total. The van der Waals surface area contributed by atoms with Gasteiger partial charge in [0.25, 0.3) is 5.91 Å². The first-order valence-electron chi connectivity index (χ1n) is 6.58. The molecule has 0 spiro atoms. The molecule has 0 aliphatic heterocycles. The number of methoxy groups -OCH3 is 1. The van der Waals surface area contributed by atoms with Crippen LogP contribution in [0.1, 0.15) is 10.4 Å². The molecular weight excluding hydrogens is 353 g/mol. The van der Waals surface area contributed by atoms with Crippen molar-refractivity contribution in [3.05, 3.63) is 58.3 Å². The first kappa shape index (κ1) is 16.5. The van der Waals surface area contributed by atoms with Crippen LogP contribution < -0.4 is 10.1 Å². The molecule has 2 rings (SSSR count). The predicted molar refractivity (Wildman–Crippen MR) is 85.9 cm³/mol. The van der Waals surface area contributed by atoms with Crippen LogP contribution in [-0.2, 0) is 4.74 Å². The Hall–Kier alpha value is -1.92. The summed E-state index contributed by atoms with van der Waals surface area (Å²) in [6.07, 6.45) is 0. The summed E-state index contributed by atoms with van der Waals surface area (Å²) in [5, 5.41) is 2.64. The van der Waals surface area contributed by atoms with Crippen LogP contribution in [0.15, 0.2) is 46.9 Å². The molecule has 0 heterocycles. The second-order valence-electron chi connectivity index (χ2n) is 4.45. The van der Waals surface area contributed by atoms with Gasteiger partial charge in [0.2, 0.25) is 0 Å². The van der Waals surface area contributed by atoms with Crippen LogP contribution >= 0.6 is 15.9 Å². The van der Waals surface area contributed by atoms with Gasteiger partial charge >= 0.3 is 0 Å². The Morgan fingerprint density at radius 2 is 2.05 bits per heavy atom. The Kier molecular flexibility index (Phi) is 5.91. The molecule has 0 aliphatic rings. The molecule has 0 aromatic heterocycles. The van der Waals surface area contributed by atoms with Crippen molar-refractivity contribution < 1.29 is 18.7 Å². The van der Waals surface area contributed by atoms with Crippen molar-refractivity contribution >= 4 is 27.5 Å². The zero-order chi connectivity index (χ0) is 15.9. The Morgan fingerprint density at radius 1 is 1.23 bits per heavy atom. The van der Waals surface area contributed by atoms with Crippen molar-refractivity contribution in [2.45, 2.75) is 0 Å². The second kappa shape index (κ2) is 7.91. The summed E-state index contributed by atoms with van der Waals surface area (Å²) in [5.41, 5.74) is 0.844. The van der Waals surface area contributed by atoms with E-state index >= 15 is 0 Å². The average molecular weight is 368 g/mol. The topological polar surface area (TPSA) is 47.6 Å². The maximum Gasteiger partial charge on any atom is 0.255 e. The first-order chi connectivity index (χ1) is 10.6. The lowest BCUT2D eigenvalue weighted by molar-refractivity contribution is 0.102. The second-order valence-corrected chi connectivity index (χ2v) is 5.31. The van der Waals surface area contributed by atoms with Crippen LogP contribution in [0.3, 0.4) is 0 Å². The van der Waals surface area contributed by atoms with Crippen molar-refractivity contribution in [1.82, 2.24) is 0 Å². The number of nitrogens with one attached hydrogen (secondary N) is 1. The quantitative estimate of drug-likeness (QED) is 0.788. The number of anilines is 1. The first-order valence-corrected chi connectivity index (χ1v) is 7.37. The smallest absolute Gasteiger partial charge is 0.255 e. The Balaban J connectivity index is 2.05. The van der Waals surface area contributed by atoms with Gasteiger partial charge in [0.1, 0.15) is 18.2 Å². The number of carbonyl (C=O) groups is 1. The molecule has 0 saturated carbocycles. The summed E-state index contributed by atoms with van der Waals surface area (Å²) in [6.45, 7) is 0.901. The molecule has 116 valence electrons. The Bertz CT molecular complexity index is 664. The molecule has 0 fully saturated rings. The van der Waals surface area contributed by atoms with Gasteiger partial charge in [0.15, 0.2) is 0 Å². The molecule has 4 nitrogen and oxygen atoms in total. The number of benzene rings is 2. The van der Waals surface area contributed by atoms with Crippen molar-refractivity contribution in [1.29, 1.82) is 0 Å². The van der Waals surface area contributed by atoms with Crippen LogP contribution in [0, 0.1) is 5.82 Å². The molecular formula is C16H15BrFNO3. The highest BCUT2D eigenvalue weighted by Gasteiger charge is 2.10. The van der Waals surface area contributed by atoms with Gasteiger partial charge in [0, 0.05) is 18.4 Å². The van der Waals surface area contributed by atoms with Gasteiger partial charge in [-0.3, -0.25) is 4.79 Å². The van der Waals surface area contributed by atoms with E-state index in [2.05, 4.69) is 21.2 Å². The van der Waals surface area contributed by atoms with E-state index in [1.807, 2.05) is 0 Å². The predicted octanol–water partition coefficient (Wildman–Crippen LogP) is 3.87. The number of amides is 1. The molecule has 6 heteroatoms. The number of rotatable bonds is 6. The number of hydrogen-bond acceptors (Lipinski definition) is 3. The summed E-state index contributed by atoms with van der Waals surface area (Å²) in [7, 11) is 1.60. The highest BCUT2D eigenvalue weighted by atomic mass is 79.9. The fourth-order valence-corrected chi connectivity index (χ4v) is 2.26. The number of ether oxygens (including phenoxy) is 2. The fraction of sp³-hybridized carbons (Fsp3) is 0.188. The summed E-state index contributed by atoms with van der Waals surface area (Å²) in [6, 6.07) is 10.7. The third-order valence-corrected chi connectivity index (χ3v) is 3.44. The lowest BCUT2D eigenvalue weighted by atomic mass is 10.2. The van der Waals surface area contributed by atoms with Gasteiger partial charge in [0.05, 0.1) is 11.1 Å². The average Bonchev–Trinajstić information content (AvgIpc) is 2.49. The molecule has 0 atom stereocenters. The largest absolute Gasteiger partial charge is 0.490 e. The van der Waals surface area contributed by atoms with Gasteiger partial charge in [-0.15, -0.1) is 0 Å². The summed E-state index contributed by atoms with van der Waals surface area (Å²) >= 11 is 3.36. The third-order valence-electron chi connectivity index (χ3n) is 2.82. The lowest BCUT2D eigenvalue weighted by Crippen LogP contribution is -2.12. The zero-order valence-corrected chi connectivity index (χ0v) is 13.5. The van der Waals surface area contributed by atoms with E-state index in [4.69, 9.17) is 9.47 Å². The number of hydrogen-bond donors (Lipinski definition) is 1. The van der Waals surface area contributed by atoms with Crippen molar-refractivity contribution in [2.75, 3.05) is 25.6 Å². The van der Waals surface area contributed by atoms with Crippen LogP contribution in [0.5, 0.6) is 5.75 Å². The summed E-state index contributed by atoms with van der Waals surface area (Å²) in [4.78, 5) is 12.1. The van der Waals surface area contributed by atoms with Gasteiger partial charge in [-0.25, -0.2) is 4.39 Å². The molecule has 0 bridgehead atoms. The number of carbonyl (C=O) groups excluding carboxylic acids is 1. The highest BCUT2D eigenvalue weighted by molar-refractivity contribution is 9.10. The summed E-state index contributed by atoms with van der Waals surface area (Å²) < 4.78 is 24.2. The van der Waals surface area contributed by atoms with Crippen molar-refractivity contribution in [2.24, 2.45) is 0 Å². The van der Waals surface area contributed by atoms with Crippen LogP contribution in [0.2, 0.25) is 0 Å². The SMILES string of the molecule is COCCOc1ccc(C(=O)Nc2cccc(F)c2)cc1Br. The van der Waals surface area contributed by atoms with Crippen LogP contribution in [0.4, 0.5) is 10.1 Å². The standard InChI is InChI=1S/C16H15BrFNO3/c1-21-7-8-22-15-6-5-11(9-14(15)17)16(20)19-13-4-2-3-12(18)10-13/h2-6,9-10H,7-8H2,1H3,(H,19,20). The van der Waals surface area contributed by atoms with Crippen LogP contribution in [-0.4, -0.2) is 26.2 Å². The van der Waals surface area contributed by atoms with E-state index < -0.39 is 5.82 Å². The molecule has 0 unspecified atom stereocenters. The molecule has 0 aliphatic carbocycles. The maximum absolute atomic E-state index is 13.1. The van der Waals surface area contributed by atoms with E-state index in [-0.39, 0.29) is 5.91 Å². The zero-order valence-electron chi connectivity index (χ0n) is 11.9. The normalized spacial score (nSPS) is 10.3. The minimum Gasteiger partial charge on any atom is -0.490 e. The van der Waals surface area contributed by atoms with E-state index in [0.29, 0.717) is 34.7 Å². The molecule has 2 aromatic carbocycles. The van der Waals surface area contributed by atoms with E-state index in [0.717, 1.165) is 0 Å². The van der Waals surface area contributed by atoms with Crippen LogP contribution in [0.25, 0.3) is 0 Å². The molecule has 22 heavy (non-hydrogen) atoms. The lowest BCUT2D eigenvalue weighted by Gasteiger charge is -2.10. The van der Waals surface area contributed by atoms with E-state index in [1.54, 1.807) is 31.4 Å². The number of halogens is 2. The molecule has 2 aromatic rings. The Morgan fingerprint density at radius 3 is 2.73 bits per heavy atom. The highest BCUT2D eigenvalue weighted by Crippen LogP contribution is 2.26. The van der Waals surface area contributed by atoms with Crippen molar-refractivity contribution in [3.63, 3.8) is 0 Å². The van der Waals surface area contributed by atoms with Gasteiger partial charge in [-0.05, 0) is 52.3 Å². The fourth-order valence-electron chi connectivity index (χ4n) is 1.76. The monoisotopic (exact) mass is 367 g/mol. The van der Waals surface area contributed by atoms with Crippen molar-refractivity contribution in [3.8, 4) is 5.75 Å². The molecule has 1 amide bonds. The summed E-state index contributed by atoms with van der Waals surface area (Å²) in [5.74, 6) is -0.102. The van der Waals surface area contributed by atoms with Gasteiger partial charge in [-0.2, -0.15) is 0 Å². The molecule has 0 saturated heterocycles. The van der Waals surface area contributed by atoms with E-state index in [1.165, 1.54) is 18.2 Å². The Labute approximate surface area is 136 Å².